The van der Waals surface area contributed by atoms with Crippen LogP contribution in [0.5, 0.6) is 0 Å². The van der Waals surface area contributed by atoms with E-state index in [9.17, 15) is 0 Å². The fourth-order valence-electron chi connectivity index (χ4n) is 9.30. The van der Waals surface area contributed by atoms with Crippen molar-refractivity contribution in [2.45, 2.75) is 18.3 Å². The Kier molecular flexibility index (Phi) is 6.03. The molecule has 1 heterocycles. The molecule has 0 radical (unpaired) electrons. The summed E-state index contributed by atoms with van der Waals surface area (Å²) in [5.74, 6) is 0. The third kappa shape index (κ3) is 4.17. The van der Waals surface area contributed by atoms with Crippen molar-refractivity contribution >= 4 is 49.6 Å². The van der Waals surface area contributed by atoms with Crippen molar-refractivity contribution < 1.29 is 0 Å². The SMILES string of the molecule is c1ccc(-n2c3ccccc3c3ccc(N(c4ccc5c(c4)-c4ccccc4C54Cc5ccccc5C4)c4ccc5ccccc5c4)cc32)cc1. The van der Waals surface area contributed by atoms with Crippen molar-refractivity contribution in [1.29, 1.82) is 0 Å². The smallest absolute Gasteiger partial charge is 0.0561 e. The number of hydrogen-bond acceptors (Lipinski definition) is 1. The Labute approximate surface area is 297 Å². The number of para-hydroxylation sites is 2. The summed E-state index contributed by atoms with van der Waals surface area (Å²) in [6.07, 6.45) is 2.09. The Balaban J connectivity index is 1.15. The maximum absolute atomic E-state index is 2.46. The summed E-state index contributed by atoms with van der Waals surface area (Å²) >= 11 is 0. The Hall–Kier alpha value is -6.38. The van der Waals surface area contributed by atoms with Crippen LogP contribution in [0.15, 0.2) is 182 Å². The van der Waals surface area contributed by atoms with Crippen LogP contribution in [0.2, 0.25) is 0 Å². The lowest BCUT2D eigenvalue weighted by molar-refractivity contribution is 0.563. The number of benzene rings is 8. The first-order chi connectivity index (χ1) is 25.2. The molecule has 9 aromatic rings. The zero-order valence-corrected chi connectivity index (χ0v) is 28.1. The van der Waals surface area contributed by atoms with Crippen LogP contribution in [0.3, 0.4) is 0 Å². The fraction of sp³-hybridized carbons (Fsp3) is 0.0612. The predicted molar refractivity (Wildman–Crippen MR) is 213 cm³/mol. The van der Waals surface area contributed by atoms with Crippen molar-refractivity contribution in [2.75, 3.05) is 4.90 Å². The van der Waals surface area contributed by atoms with Crippen molar-refractivity contribution in [1.82, 2.24) is 4.57 Å². The molecule has 0 fully saturated rings. The largest absolute Gasteiger partial charge is 0.310 e. The van der Waals surface area contributed by atoms with Gasteiger partial charge in [0.2, 0.25) is 0 Å². The molecule has 0 atom stereocenters. The number of fused-ring (bicyclic) bond motifs is 10. The molecule has 2 heteroatoms. The lowest BCUT2D eigenvalue weighted by Gasteiger charge is -2.29. The summed E-state index contributed by atoms with van der Waals surface area (Å²) in [6, 6.07) is 67.4. The Bertz CT molecular complexity index is 2800. The summed E-state index contributed by atoms with van der Waals surface area (Å²) in [7, 11) is 0. The maximum atomic E-state index is 2.46. The van der Waals surface area contributed by atoms with E-state index in [4.69, 9.17) is 0 Å². The Morgan fingerprint density at radius 2 is 1.02 bits per heavy atom. The van der Waals surface area contributed by atoms with Gasteiger partial charge in [-0.15, -0.1) is 0 Å². The molecule has 240 valence electrons. The molecule has 2 aliphatic carbocycles. The van der Waals surface area contributed by atoms with Crippen LogP contribution in [-0.2, 0) is 18.3 Å². The van der Waals surface area contributed by atoms with E-state index in [2.05, 4.69) is 191 Å². The van der Waals surface area contributed by atoms with E-state index in [1.807, 2.05) is 0 Å². The number of nitrogens with zero attached hydrogens (tertiary/aromatic N) is 2. The van der Waals surface area contributed by atoms with Gasteiger partial charge < -0.3 is 9.47 Å². The second-order valence-electron chi connectivity index (χ2n) is 14.2. The van der Waals surface area contributed by atoms with Gasteiger partial charge in [0.1, 0.15) is 0 Å². The fourth-order valence-corrected chi connectivity index (χ4v) is 9.30. The van der Waals surface area contributed by atoms with Crippen molar-refractivity contribution in [3.05, 3.63) is 204 Å². The number of hydrogen-bond donors (Lipinski definition) is 0. The van der Waals surface area contributed by atoms with E-state index in [-0.39, 0.29) is 5.41 Å². The molecule has 0 saturated heterocycles. The van der Waals surface area contributed by atoms with E-state index in [1.165, 1.54) is 66.0 Å². The summed E-state index contributed by atoms with van der Waals surface area (Å²) in [6.45, 7) is 0. The third-order valence-electron chi connectivity index (χ3n) is 11.5. The topological polar surface area (TPSA) is 8.17 Å². The minimum Gasteiger partial charge on any atom is -0.310 e. The molecule has 8 aromatic carbocycles. The Morgan fingerprint density at radius 1 is 0.412 bits per heavy atom. The van der Waals surface area contributed by atoms with Crippen LogP contribution in [0, 0.1) is 0 Å². The van der Waals surface area contributed by atoms with Gasteiger partial charge in [0.25, 0.3) is 0 Å². The Morgan fingerprint density at radius 3 is 1.88 bits per heavy atom. The highest BCUT2D eigenvalue weighted by Gasteiger charge is 2.47. The van der Waals surface area contributed by atoms with Crippen molar-refractivity contribution in [3.63, 3.8) is 0 Å². The van der Waals surface area contributed by atoms with Crippen LogP contribution in [0.25, 0.3) is 49.4 Å². The standard InChI is InChI=1S/C49H34N2/c1-2-16-37(17-3-1)51-47-21-11-9-19-42(47)43-26-24-40(30-48(43)51)50(38-23-22-33-12-4-5-13-34(33)28-38)39-25-27-46-44(29-39)41-18-8-10-20-45(41)49(46)31-35-14-6-7-15-36(35)32-49/h1-30H,31-32H2. The molecule has 1 spiro atoms. The van der Waals surface area contributed by atoms with Crippen LogP contribution in [0.4, 0.5) is 17.1 Å². The first-order valence-electron chi connectivity index (χ1n) is 17.9. The number of anilines is 3. The average Bonchev–Trinajstić information content (AvgIpc) is 3.83. The van der Waals surface area contributed by atoms with Gasteiger partial charge >= 0.3 is 0 Å². The van der Waals surface area contributed by atoms with Gasteiger partial charge in [0.05, 0.1) is 11.0 Å². The molecule has 0 unspecified atom stereocenters. The van der Waals surface area contributed by atoms with E-state index in [1.54, 1.807) is 0 Å². The second-order valence-corrected chi connectivity index (χ2v) is 14.2. The van der Waals surface area contributed by atoms with E-state index in [0.29, 0.717) is 0 Å². The molecule has 1 aromatic heterocycles. The van der Waals surface area contributed by atoms with E-state index in [0.717, 1.165) is 35.6 Å². The third-order valence-corrected chi connectivity index (χ3v) is 11.5. The number of rotatable bonds is 4. The van der Waals surface area contributed by atoms with Gasteiger partial charge in [0.15, 0.2) is 0 Å². The van der Waals surface area contributed by atoms with Crippen LogP contribution in [-0.4, -0.2) is 4.57 Å². The minimum absolute atomic E-state index is 0.0303. The average molecular weight is 651 g/mol. The van der Waals surface area contributed by atoms with Gasteiger partial charge in [-0.2, -0.15) is 0 Å². The van der Waals surface area contributed by atoms with Crippen LogP contribution < -0.4 is 4.90 Å². The van der Waals surface area contributed by atoms with E-state index < -0.39 is 0 Å². The van der Waals surface area contributed by atoms with Crippen molar-refractivity contribution in [3.8, 4) is 16.8 Å². The molecular weight excluding hydrogens is 617 g/mol. The number of aromatic nitrogens is 1. The molecule has 51 heavy (non-hydrogen) atoms. The van der Waals surface area contributed by atoms with Gasteiger partial charge in [-0.3, -0.25) is 0 Å². The summed E-state index contributed by atoms with van der Waals surface area (Å²) in [5, 5.41) is 4.99. The normalized spacial score (nSPS) is 13.9. The first kappa shape index (κ1) is 28.5. The molecule has 11 rings (SSSR count). The van der Waals surface area contributed by atoms with E-state index >= 15 is 0 Å². The molecule has 0 bridgehead atoms. The van der Waals surface area contributed by atoms with Crippen LogP contribution >= 0.6 is 0 Å². The predicted octanol–water partition coefficient (Wildman–Crippen LogP) is 12.5. The molecular formula is C49H34N2. The van der Waals surface area contributed by atoms with Gasteiger partial charge in [-0.25, -0.2) is 0 Å². The lowest BCUT2D eigenvalue weighted by atomic mass is 9.75. The first-order valence-corrected chi connectivity index (χ1v) is 17.9. The zero-order valence-electron chi connectivity index (χ0n) is 28.1. The lowest BCUT2D eigenvalue weighted by Crippen LogP contribution is -2.25. The molecule has 0 N–H and O–H groups in total. The van der Waals surface area contributed by atoms with Gasteiger partial charge in [0, 0.05) is 38.9 Å². The molecule has 0 aliphatic heterocycles. The summed E-state index contributed by atoms with van der Waals surface area (Å²) in [5.41, 5.74) is 15.5. The second kappa shape index (κ2) is 10.8. The minimum atomic E-state index is -0.0303. The van der Waals surface area contributed by atoms with Crippen molar-refractivity contribution in [2.24, 2.45) is 0 Å². The maximum Gasteiger partial charge on any atom is 0.0561 e. The summed E-state index contributed by atoms with van der Waals surface area (Å²) in [4.78, 5) is 2.45. The molecule has 0 amide bonds. The molecule has 2 nitrogen and oxygen atoms in total. The highest BCUT2D eigenvalue weighted by atomic mass is 15.1. The van der Waals surface area contributed by atoms with Crippen LogP contribution in [0.1, 0.15) is 22.3 Å². The van der Waals surface area contributed by atoms with Gasteiger partial charge in [-0.1, -0.05) is 127 Å². The highest BCUT2D eigenvalue weighted by Crippen LogP contribution is 2.56. The zero-order chi connectivity index (χ0) is 33.5. The molecule has 0 saturated carbocycles. The summed E-state index contributed by atoms with van der Waals surface area (Å²) < 4.78 is 2.41. The van der Waals surface area contributed by atoms with Gasteiger partial charge in [-0.05, 0) is 112 Å². The highest BCUT2D eigenvalue weighted by molar-refractivity contribution is 6.10. The molecule has 2 aliphatic rings. The quantitative estimate of drug-likeness (QED) is 0.184. The monoisotopic (exact) mass is 650 g/mol.